The number of aliphatic carboxylic acids is 1. The number of rotatable bonds is 8. The van der Waals surface area contributed by atoms with Crippen LogP contribution in [0.2, 0.25) is 0 Å². The minimum Gasteiger partial charge on any atom is -0.480 e. The highest BCUT2D eigenvalue weighted by atomic mass is 16.4. The van der Waals surface area contributed by atoms with Gasteiger partial charge in [-0.15, -0.1) is 0 Å². The van der Waals surface area contributed by atoms with E-state index in [9.17, 15) is 9.59 Å². The van der Waals surface area contributed by atoms with Gasteiger partial charge >= 0.3 is 5.97 Å². The van der Waals surface area contributed by atoms with Crippen molar-refractivity contribution in [3.63, 3.8) is 0 Å². The smallest absolute Gasteiger partial charge is 0.323 e. The van der Waals surface area contributed by atoms with Gasteiger partial charge in [0.2, 0.25) is 5.91 Å². The Balaban J connectivity index is 2.72. The van der Waals surface area contributed by atoms with Crippen molar-refractivity contribution in [1.29, 1.82) is 0 Å². The Labute approximate surface area is 126 Å². The molecular weight excluding hydrogens is 268 g/mol. The number of nitrogens with zero attached hydrogens (tertiary/aromatic N) is 1. The minimum absolute atomic E-state index is 0.0451. The van der Waals surface area contributed by atoms with Gasteiger partial charge in [0.1, 0.15) is 6.54 Å². The molecule has 1 atom stereocenters. The van der Waals surface area contributed by atoms with Crippen LogP contribution in [0.5, 0.6) is 0 Å². The maximum Gasteiger partial charge on any atom is 0.323 e. The molecule has 21 heavy (non-hydrogen) atoms. The number of carbonyl (C=O) groups excluding carboxylic acids is 1. The third-order valence-electron chi connectivity index (χ3n) is 3.19. The summed E-state index contributed by atoms with van der Waals surface area (Å²) in [5.74, 6) is -1.11. The zero-order valence-corrected chi connectivity index (χ0v) is 12.9. The Morgan fingerprint density at radius 3 is 2.38 bits per heavy atom. The van der Waals surface area contributed by atoms with Crippen LogP contribution in [0.3, 0.4) is 0 Å². The van der Waals surface area contributed by atoms with Gasteiger partial charge in [0.25, 0.3) is 0 Å². The molecule has 0 saturated carbocycles. The molecule has 0 spiro atoms. The Kier molecular flexibility index (Phi) is 6.72. The first-order chi connectivity index (χ1) is 9.92. The summed E-state index contributed by atoms with van der Waals surface area (Å²) in [5.41, 5.74) is 1.83. The second-order valence-electron chi connectivity index (χ2n) is 5.34. The lowest BCUT2D eigenvalue weighted by Gasteiger charge is -2.23. The molecule has 2 N–H and O–H groups in total. The van der Waals surface area contributed by atoms with Gasteiger partial charge in [-0.1, -0.05) is 31.0 Å². The van der Waals surface area contributed by atoms with Crippen molar-refractivity contribution in [1.82, 2.24) is 5.32 Å². The van der Waals surface area contributed by atoms with E-state index in [0.29, 0.717) is 0 Å². The standard InChI is InChI=1S/C16H24N2O3/c1-4-5-13(3)17-15(19)10-18(11-16(20)21)14-8-6-12(2)7-9-14/h6-9,13H,4-5,10-11H2,1-3H3,(H,17,19)(H,20,21). The van der Waals surface area contributed by atoms with E-state index >= 15 is 0 Å². The van der Waals surface area contributed by atoms with Crippen LogP contribution in [0.25, 0.3) is 0 Å². The van der Waals surface area contributed by atoms with Crippen LogP contribution < -0.4 is 10.2 Å². The molecule has 0 saturated heterocycles. The fourth-order valence-corrected chi connectivity index (χ4v) is 2.16. The average Bonchev–Trinajstić information content (AvgIpc) is 2.38. The highest BCUT2D eigenvalue weighted by Crippen LogP contribution is 2.14. The molecule has 1 rings (SSSR count). The number of carbonyl (C=O) groups is 2. The maximum absolute atomic E-state index is 12.0. The second kappa shape index (κ2) is 8.29. The van der Waals surface area contributed by atoms with Gasteiger partial charge in [-0.25, -0.2) is 0 Å². The van der Waals surface area contributed by atoms with Crippen molar-refractivity contribution < 1.29 is 14.7 Å². The van der Waals surface area contributed by atoms with Crippen LogP contribution >= 0.6 is 0 Å². The number of hydrogen-bond acceptors (Lipinski definition) is 3. The predicted molar refractivity (Wildman–Crippen MR) is 83.5 cm³/mol. The number of aryl methyl sites for hydroxylation is 1. The van der Waals surface area contributed by atoms with Crippen LogP contribution in [0.1, 0.15) is 32.3 Å². The minimum atomic E-state index is -0.954. The summed E-state index contributed by atoms with van der Waals surface area (Å²) in [4.78, 5) is 24.6. The lowest BCUT2D eigenvalue weighted by atomic mass is 10.2. The van der Waals surface area contributed by atoms with E-state index in [4.69, 9.17) is 5.11 Å². The van der Waals surface area contributed by atoms with E-state index in [0.717, 1.165) is 24.1 Å². The molecule has 0 fully saturated rings. The molecule has 1 unspecified atom stereocenters. The Hall–Kier alpha value is -2.04. The first-order valence-electron chi connectivity index (χ1n) is 7.25. The quantitative estimate of drug-likeness (QED) is 0.770. The Bertz CT molecular complexity index is 471. The summed E-state index contributed by atoms with van der Waals surface area (Å²) in [6.45, 7) is 5.83. The van der Waals surface area contributed by atoms with E-state index in [1.807, 2.05) is 38.1 Å². The van der Waals surface area contributed by atoms with E-state index in [-0.39, 0.29) is 25.0 Å². The lowest BCUT2D eigenvalue weighted by molar-refractivity contribution is -0.135. The Morgan fingerprint density at radius 1 is 1.24 bits per heavy atom. The third-order valence-corrected chi connectivity index (χ3v) is 3.19. The van der Waals surface area contributed by atoms with Crippen molar-refractivity contribution in [3.05, 3.63) is 29.8 Å². The number of anilines is 1. The van der Waals surface area contributed by atoms with Gasteiger partial charge in [0, 0.05) is 11.7 Å². The molecule has 1 amide bonds. The van der Waals surface area contributed by atoms with Crippen LogP contribution in [0.15, 0.2) is 24.3 Å². The van der Waals surface area contributed by atoms with E-state index < -0.39 is 5.97 Å². The number of nitrogens with one attached hydrogen (secondary N) is 1. The van der Waals surface area contributed by atoms with Crippen molar-refractivity contribution in [2.24, 2.45) is 0 Å². The molecule has 0 aliphatic rings. The zero-order valence-electron chi connectivity index (χ0n) is 12.9. The highest BCUT2D eigenvalue weighted by molar-refractivity contribution is 5.84. The summed E-state index contributed by atoms with van der Waals surface area (Å²) in [6, 6.07) is 7.58. The number of carboxylic acid groups (broad SMARTS) is 1. The van der Waals surface area contributed by atoms with Gasteiger partial charge in [-0.2, -0.15) is 0 Å². The van der Waals surface area contributed by atoms with Gasteiger partial charge in [-0.05, 0) is 32.4 Å². The molecule has 5 heteroatoms. The maximum atomic E-state index is 12.0. The highest BCUT2D eigenvalue weighted by Gasteiger charge is 2.15. The molecule has 0 aromatic heterocycles. The van der Waals surface area contributed by atoms with E-state index in [1.54, 1.807) is 4.90 Å². The van der Waals surface area contributed by atoms with Gasteiger partial charge in [0.15, 0.2) is 0 Å². The molecule has 5 nitrogen and oxygen atoms in total. The SMILES string of the molecule is CCCC(C)NC(=O)CN(CC(=O)O)c1ccc(C)cc1. The number of hydrogen-bond donors (Lipinski definition) is 2. The third kappa shape index (κ3) is 6.29. The molecule has 1 aromatic carbocycles. The molecule has 116 valence electrons. The first-order valence-corrected chi connectivity index (χ1v) is 7.25. The van der Waals surface area contributed by atoms with Gasteiger partial charge < -0.3 is 15.3 Å². The summed E-state index contributed by atoms with van der Waals surface area (Å²) in [7, 11) is 0. The van der Waals surface area contributed by atoms with E-state index in [2.05, 4.69) is 12.2 Å². The monoisotopic (exact) mass is 292 g/mol. The first kappa shape index (κ1) is 17.0. The van der Waals surface area contributed by atoms with Gasteiger partial charge in [0.05, 0.1) is 6.54 Å². The van der Waals surface area contributed by atoms with E-state index in [1.165, 1.54) is 0 Å². The van der Waals surface area contributed by atoms with Crippen molar-refractivity contribution in [2.45, 2.75) is 39.7 Å². The summed E-state index contributed by atoms with van der Waals surface area (Å²) in [6.07, 6.45) is 1.91. The van der Waals surface area contributed by atoms with Crippen molar-refractivity contribution in [2.75, 3.05) is 18.0 Å². The van der Waals surface area contributed by atoms with Crippen LogP contribution in [-0.4, -0.2) is 36.1 Å². The number of amides is 1. The lowest BCUT2D eigenvalue weighted by Crippen LogP contribution is -2.42. The topological polar surface area (TPSA) is 69.6 Å². The molecular formula is C16H24N2O3. The van der Waals surface area contributed by atoms with Gasteiger partial charge in [-0.3, -0.25) is 9.59 Å². The normalized spacial score (nSPS) is 11.8. The largest absolute Gasteiger partial charge is 0.480 e. The fraction of sp³-hybridized carbons (Fsp3) is 0.500. The molecule has 0 aliphatic heterocycles. The molecule has 0 radical (unpaired) electrons. The number of carboxylic acids is 1. The summed E-state index contributed by atoms with van der Waals surface area (Å²) >= 11 is 0. The van der Waals surface area contributed by atoms with Crippen molar-refractivity contribution >= 4 is 17.6 Å². The Morgan fingerprint density at radius 2 is 1.86 bits per heavy atom. The van der Waals surface area contributed by atoms with Crippen LogP contribution in [0.4, 0.5) is 5.69 Å². The molecule has 0 heterocycles. The summed E-state index contributed by atoms with van der Waals surface area (Å²) in [5, 5.41) is 11.9. The summed E-state index contributed by atoms with van der Waals surface area (Å²) < 4.78 is 0. The zero-order chi connectivity index (χ0) is 15.8. The predicted octanol–water partition coefficient (Wildman–Crippen LogP) is 2.19. The second-order valence-corrected chi connectivity index (χ2v) is 5.34. The van der Waals surface area contributed by atoms with Crippen LogP contribution in [-0.2, 0) is 9.59 Å². The fourth-order valence-electron chi connectivity index (χ4n) is 2.16. The van der Waals surface area contributed by atoms with Crippen LogP contribution in [0, 0.1) is 6.92 Å². The number of benzene rings is 1. The van der Waals surface area contributed by atoms with Crippen molar-refractivity contribution in [3.8, 4) is 0 Å². The molecule has 0 bridgehead atoms. The average molecular weight is 292 g/mol. The molecule has 1 aromatic rings. The molecule has 0 aliphatic carbocycles.